The Morgan fingerprint density at radius 3 is 2.31 bits per heavy atom. The number of para-hydroxylation sites is 1. The molecule has 1 heterocycles. The lowest BCUT2D eigenvalue weighted by Gasteiger charge is -2.36. The van der Waals surface area contributed by atoms with Crippen molar-refractivity contribution in [2.45, 2.75) is 13.5 Å². The van der Waals surface area contributed by atoms with E-state index in [1.54, 1.807) is 0 Å². The van der Waals surface area contributed by atoms with Crippen LogP contribution in [-0.4, -0.2) is 42.7 Å². The molecule has 0 spiro atoms. The van der Waals surface area contributed by atoms with E-state index in [4.69, 9.17) is 0 Å². The van der Waals surface area contributed by atoms with Crippen molar-refractivity contribution in [1.82, 2.24) is 10.3 Å². The molecule has 0 unspecified atom stereocenters. The molecule has 0 atom stereocenters. The van der Waals surface area contributed by atoms with Crippen molar-refractivity contribution in [2.75, 3.05) is 31.1 Å². The Balaban J connectivity index is 1.28. The van der Waals surface area contributed by atoms with E-state index in [2.05, 4.69) is 66.6 Å². The van der Waals surface area contributed by atoms with Crippen LogP contribution in [0.25, 0.3) is 0 Å². The zero-order valence-corrected chi connectivity index (χ0v) is 19.8. The van der Waals surface area contributed by atoms with Gasteiger partial charge in [0.05, 0.1) is 5.71 Å². The molecule has 6 heteroatoms. The number of hydrogen-bond acceptors (Lipinski definition) is 4. The topological polar surface area (TPSA) is 47.9 Å². The van der Waals surface area contributed by atoms with Crippen LogP contribution in [-0.2, 0) is 6.54 Å². The van der Waals surface area contributed by atoms with Gasteiger partial charge in [0.1, 0.15) is 0 Å². The van der Waals surface area contributed by atoms with E-state index in [1.165, 1.54) is 11.3 Å². The summed E-state index contributed by atoms with van der Waals surface area (Å²) in [5.41, 5.74) is 7.48. The first-order chi connectivity index (χ1) is 15.6. The second kappa shape index (κ2) is 10.6. The smallest absolute Gasteiger partial charge is 0.271 e. The Hall–Kier alpha value is -2.96. The molecular formula is C26H27BrN4O. The third-order valence-electron chi connectivity index (χ3n) is 5.68. The van der Waals surface area contributed by atoms with Crippen molar-refractivity contribution < 1.29 is 4.79 Å². The molecule has 0 bridgehead atoms. The fraction of sp³-hybridized carbons (Fsp3) is 0.231. The zero-order chi connectivity index (χ0) is 22.3. The van der Waals surface area contributed by atoms with Gasteiger partial charge >= 0.3 is 0 Å². The summed E-state index contributed by atoms with van der Waals surface area (Å²) in [4.78, 5) is 17.4. The van der Waals surface area contributed by atoms with Gasteiger partial charge in [0, 0.05) is 48.4 Å². The quantitative estimate of drug-likeness (QED) is 0.393. The number of carbonyl (C=O) groups excluding carboxylic acids is 1. The number of piperazine rings is 1. The van der Waals surface area contributed by atoms with E-state index in [-0.39, 0.29) is 5.91 Å². The van der Waals surface area contributed by atoms with E-state index in [0.29, 0.717) is 5.56 Å². The number of rotatable bonds is 6. The second-order valence-electron chi connectivity index (χ2n) is 7.94. The normalized spacial score (nSPS) is 14.9. The minimum absolute atomic E-state index is 0.206. The number of halogens is 1. The molecule has 164 valence electrons. The molecule has 1 saturated heterocycles. The monoisotopic (exact) mass is 490 g/mol. The van der Waals surface area contributed by atoms with E-state index in [0.717, 1.165) is 48.5 Å². The maximum Gasteiger partial charge on any atom is 0.271 e. The molecule has 0 saturated carbocycles. The van der Waals surface area contributed by atoms with Crippen molar-refractivity contribution in [3.63, 3.8) is 0 Å². The van der Waals surface area contributed by atoms with Gasteiger partial charge in [0.2, 0.25) is 0 Å². The fourth-order valence-electron chi connectivity index (χ4n) is 3.80. The van der Waals surface area contributed by atoms with Gasteiger partial charge in [0.15, 0.2) is 0 Å². The summed E-state index contributed by atoms with van der Waals surface area (Å²) in [6.07, 6.45) is 0. The summed E-state index contributed by atoms with van der Waals surface area (Å²) in [6.45, 7) is 6.88. The molecule has 1 aliphatic heterocycles. The molecule has 0 aromatic heterocycles. The highest BCUT2D eigenvalue weighted by Gasteiger charge is 2.17. The summed E-state index contributed by atoms with van der Waals surface area (Å²) >= 11 is 3.45. The Bertz CT molecular complexity index is 1070. The van der Waals surface area contributed by atoms with Gasteiger partial charge in [-0.2, -0.15) is 5.10 Å². The van der Waals surface area contributed by atoms with E-state index >= 15 is 0 Å². The van der Waals surface area contributed by atoms with Gasteiger partial charge in [-0.15, -0.1) is 0 Å². The highest BCUT2D eigenvalue weighted by Crippen LogP contribution is 2.17. The predicted molar refractivity (Wildman–Crippen MR) is 134 cm³/mol. The highest BCUT2D eigenvalue weighted by molar-refractivity contribution is 9.10. The molecule has 1 N–H and O–H groups in total. The number of benzene rings is 3. The number of carbonyl (C=O) groups is 1. The van der Waals surface area contributed by atoms with Crippen molar-refractivity contribution in [1.29, 1.82) is 0 Å². The number of amides is 1. The zero-order valence-electron chi connectivity index (χ0n) is 18.2. The molecule has 1 amide bonds. The van der Waals surface area contributed by atoms with Gasteiger partial charge in [-0.25, -0.2) is 5.43 Å². The molecule has 5 nitrogen and oxygen atoms in total. The molecular weight excluding hydrogens is 464 g/mol. The number of hydrazone groups is 1. The number of hydrogen-bond donors (Lipinski definition) is 1. The lowest BCUT2D eigenvalue weighted by atomic mass is 10.1. The largest absolute Gasteiger partial charge is 0.369 e. The van der Waals surface area contributed by atoms with Crippen molar-refractivity contribution in [3.8, 4) is 0 Å². The maximum absolute atomic E-state index is 12.5. The standard InChI is InChI=1S/C26H27BrN4O/c1-20(23-6-5-7-24(27)18-23)28-29-26(32)22-12-10-21(11-13-22)19-30-14-16-31(17-15-30)25-8-3-2-4-9-25/h2-13,18H,14-17,19H2,1H3,(H,29,32)/b28-20-. The van der Waals surface area contributed by atoms with Crippen LogP contribution in [0.4, 0.5) is 5.69 Å². The molecule has 32 heavy (non-hydrogen) atoms. The average molecular weight is 491 g/mol. The van der Waals surface area contributed by atoms with E-state index in [9.17, 15) is 4.79 Å². The summed E-state index contributed by atoms with van der Waals surface area (Å²) in [6, 6.07) is 26.2. The molecule has 3 aromatic carbocycles. The molecule has 0 radical (unpaired) electrons. The number of anilines is 1. The fourth-order valence-corrected chi connectivity index (χ4v) is 4.20. The van der Waals surface area contributed by atoms with Crippen molar-refractivity contribution in [2.24, 2.45) is 5.10 Å². The van der Waals surface area contributed by atoms with Crippen LogP contribution in [0.1, 0.15) is 28.4 Å². The van der Waals surface area contributed by atoms with E-state index in [1.807, 2.05) is 55.5 Å². The van der Waals surface area contributed by atoms with Crippen molar-refractivity contribution in [3.05, 3.63) is 100 Å². The Kier molecular flexibility index (Phi) is 7.35. The van der Waals surface area contributed by atoms with Gasteiger partial charge in [-0.05, 0) is 54.4 Å². The van der Waals surface area contributed by atoms with Gasteiger partial charge in [0.25, 0.3) is 5.91 Å². The van der Waals surface area contributed by atoms with Crippen LogP contribution in [0.3, 0.4) is 0 Å². The minimum Gasteiger partial charge on any atom is -0.369 e. The van der Waals surface area contributed by atoms with Crippen LogP contribution in [0.5, 0.6) is 0 Å². The van der Waals surface area contributed by atoms with Crippen molar-refractivity contribution >= 4 is 33.2 Å². The summed E-state index contributed by atoms with van der Waals surface area (Å²) < 4.78 is 0.980. The number of nitrogens with one attached hydrogen (secondary N) is 1. The molecule has 3 aromatic rings. The lowest BCUT2D eigenvalue weighted by molar-refractivity contribution is 0.0955. The molecule has 0 aliphatic carbocycles. The van der Waals surface area contributed by atoms with Crippen LogP contribution in [0.2, 0.25) is 0 Å². The summed E-state index contributed by atoms with van der Waals surface area (Å²) in [5.74, 6) is -0.206. The maximum atomic E-state index is 12.5. The highest BCUT2D eigenvalue weighted by atomic mass is 79.9. The number of nitrogens with zero attached hydrogens (tertiary/aromatic N) is 3. The second-order valence-corrected chi connectivity index (χ2v) is 8.86. The Labute approximate surface area is 197 Å². The first kappa shape index (κ1) is 22.2. The van der Waals surface area contributed by atoms with Gasteiger partial charge in [-0.3, -0.25) is 9.69 Å². The lowest BCUT2D eigenvalue weighted by Crippen LogP contribution is -2.45. The summed E-state index contributed by atoms with van der Waals surface area (Å²) in [7, 11) is 0. The summed E-state index contributed by atoms with van der Waals surface area (Å²) in [5, 5.41) is 4.24. The van der Waals surface area contributed by atoms with Gasteiger partial charge in [-0.1, -0.05) is 58.4 Å². The molecule has 1 fully saturated rings. The average Bonchev–Trinajstić information content (AvgIpc) is 2.84. The SMILES string of the molecule is C/C(=N/NC(=O)c1ccc(CN2CCN(c3ccccc3)CC2)cc1)c1cccc(Br)c1. The third kappa shape index (κ3) is 5.84. The first-order valence-corrected chi connectivity index (χ1v) is 11.6. The predicted octanol–water partition coefficient (Wildman–Crippen LogP) is 4.93. The minimum atomic E-state index is -0.206. The van der Waals surface area contributed by atoms with E-state index < -0.39 is 0 Å². The Morgan fingerprint density at radius 1 is 0.906 bits per heavy atom. The first-order valence-electron chi connectivity index (χ1n) is 10.8. The van der Waals surface area contributed by atoms with Gasteiger partial charge < -0.3 is 4.90 Å². The van der Waals surface area contributed by atoms with Crippen LogP contribution in [0.15, 0.2) is 88.4 Å². The Morgan fingerprint density at radius 2 is 1.62 bits per heavy atom. The third-order valence-corrected chi connectivity index (χ3v) is 6.18. The molecule has 1 aliphatic rings. The molecule has 4 rings (SSSR count). The van der Waals surface area contributed by atoms with Crippen LogP contribution in [0, 0.1) is 0 Å². The van der Waals surface area contributed by atoms with Crippen LogP contribution < -0.4 is 10.3 Å². The van der Waals surface area contributed by atoms with Crippen LogP contribution >= 0.6 is 15.9 Å².